The van der Waals surface area contributed by atoms with Crippen LogP contribution in [0.15, 0.2) is 53.4 Å². The van der Waals surface area contributed by atoms with E-state index in [9.17, 15) is 13.0 Å². The van der Waals surface area contributed by atoms with E-state index in [2.05, 4.69) is 0 Å². The fraction of sp³-hybridized carbons (Fsp3) is 0.118. The monoisotopic (exact) mass is 434 g/mol. The van der Waals surface area contributed by atoms with Gasteiger partial charge in [-0.15, -0.1) is 0 Å². The molecule has 0 bridgehead atoms. The second-order valence-corrected chi connectivity index (χ2v) is 9.49. The van der Waals surface area contributed by atoms with Crippen molar-refractivity contribution in [1.29, 1.82) is 0 Å². The molecule has 0 unspecified atom stereocenters. The van der Waals surface area contributed by atoms with E-state index in [-0.39, 0.29) is 35.9 Å². The van der Waals surface area contributed by atoms with Crippen molar-refractivity contribution in [2.45, 2.75) is 11.3 Å². The first-order chi connectivity index (χ1) is 11.9. The standard InChI is InChI=1S/C17H14O4S4.Na.H/c1-21-15-8-7-13(25(18,19)20)9-12(15)10-14-16(23-24-17(14)22)11-5-3-2-4-6-11;;/h2-9H,10H2,1H3,(H,18,19,20);;/q;+1;-1. The van der Waals surface area contributed by atoms with Gasteiger partial charge in [0.05, 0.1) is 16.9 Å². The maximum absolute atomic E-state index is 11.4. The second-order valence-electron chi connectivity index (χ2n) is 5.25. The molecule has 0 radical (unpaired) electrons. The van der Waals surface area contributed by atoms with E-state index >= 15 is 0 Å². The SMILES string of the molecule is COc1ccc(S(=O)(=O)O)cc1Cc1c(-c2ccccc2)ssc1=S.[H-].[Na+]. The molecule has 26 heavy (non-hydrogen) atoms. The van der Waals surface area contributed by atoms with Crippen LogP contribution >= 0.6 is 32.9 Å². The molecule has 1 aromatic heterocycles. The molecule has 0 aliphatic heterocycles. The molecule has 3 aromatic rings. The minimum atomic E-state index is -4.28. The summed E-state index contributed by atoms with van der Waals surface area (Å²) in [5, 5.41) is 0. The van der Waals surface area contributed by atoms with E-state index in [4.69, 9.17) is 17.0 Å². The minimum Gasteiger partial charge on any atom is -1.00 e. The zero-order chi connectivity index (χ0) is 18.0. The summed E-state index contributed by atoms with van der Waals surface area (Å²) in [5.41, 5.74) is 2.69. The Morgan fingerprint density at radius 1 is 1.15 bits per heavy atom. The van der Waals surface area contributed by atoms with Crippen molar-refractivity contribution in [3.8, 4) is 16.2 Å². The van der Waals surface area contributed by atoms with E-state index in [0.717, 1.165) is 19.8 Å². The van der Waals surface area contributed by atoms with E-state index in [1.54, 1.807) is 16.4 Å². The molecule has 132 valence electrons. The Bertz CT molecular complexity index is 1060. The van der Waals surface area contributed by atoms with Crippen LogP contribution in [0.4, 0.5) is 0 Å². The van der Waals surface area contributed by atoms with Crippen molar-refractivity contribution in [2.24, 2.45) is 0 Å². The Kier molecular flexibility index (Phi) is 7.58. The molecule has 0 aliphatic rings. The van der Waals surface area contributed by atoms with Gasteiger partial charge in [-0.05, 0) is 29.3 Å². The first-order valence-electron chi connectivity index (χ1n) is 7.22. The quantitative estimate of drug-likeness (QED) is 0.289. The summed E-state index contributed by atoms with van der Waals surface area (Å²) in [7, 11) is 0.362. The van der Waals surface area contributed by atoms with Crippen LogP contribution < -0.4 is 34.3 Å². The smallest absolute Gasteiger partial charge is 1.00 e. The van der Waals surface area contributed by atoms with Gasteiger partial charge in [0.15, 0.2) is 0 Å². The van der Waals surface area contributed by atoms with E-state index < -0.39 is 10.1 Å². The summed E-state index contributed by atoms with van der Waals surface area (Å²) in [6.07, 6.45) is 0.426. The van der Waals surface area contributed by atoms with Crippen molar-refractivity contribution in [3.63, 3.8) is 0 Å². The number of ether oxygens (including phenoxy) is 1. The maximum atomic E-state index is 11.4. The summed E-state index contributed by atoms with van der Waals surface area (Å²) in [5.74, 6) is 0.553. The molecule has 1 heterocycles. The van der Waals surface area contributed by atoms with Gasteiger partial charge in [-0.1, -0.05) is 63.2 Å². The van der Waals surface area contributed by atoms with Crippen molar-refractivity contribution < 1.29 is 48.7 Å². The summed E-state index contributed by atoms with van der Waals surface area (Å²) < 4.78 is 38.3. The van der Waals surface area contributed by atoms with Gasteiger partial charge in [0.1, 0.15) is 9.57 Å². The summed E-state index contributed by atoms with van der Waals surface area (Å²) >= 11 is 5.48. The van der Waals surface area contributed by atoms with Crippen molar-refractivity contribution >= 4 is 43.0 Å². The number of hydrogen-bond donors (Lipinski definition) is 1. The van der Waals surface area contributed by atoms with Crippen molar-refractivity contribution in [3.05, 3.63) is 63.5 Å². The van der Waals surface area contributed by atoms with Crippen LogP contribution in [-0.4, -0.2) is 20.1 Å². The summed E-state index contributed by atoms with van der Waals surface area (Å²) in [4.78, 5) is 0.907. The molecule has 2 aromatic carbocycles. The minimum absolute atomic E-state index is 0. The molecule has 0 spiro atoms. The van der Waals surface area contributed by atoms with Crippen LogP contribution in [0, 0.1) is 3.82 Å². The van der Waals surface area contributed by atoms with Crippen LogP contribution in [0.3, 0.4) is 0 Å². The number of methoxy groups -OCH3 is 1. The van der Waals surface area contributed by atoms with Gasteiger partial charge in [-0.25, -0.2) is 0 Å². The average Bonchev–Trinajstić information content (AvgIpc) is 2.95. The fourth-order valence-corrected chi connectivity index (χ4v) is 5.93. The van der Waals surface area contributed by atoms with Gasteiger partial charge in [0.2, 0.25) is 0 Å². The maximum Gasteiger partial charge on any atom is 1.00 e. The molecule has 0 fully saturated rings. The predicted octanol–water partition coefficient (Wildman–Crippen LogP) is 2.17. The Morgan fingerprint density at radius 3 is 2.46 bits per heavy atom. The molecule has 0 amide bonds. The van der Waals surface area contributed by atoms with Gasteiger partial charge in [-0.3, -0.25) is 4.55 Å². The molecule has 0 saturated carbocycles. The Morgan fingerprint density at radius 2 is 1.85 bits per heavy atom. The van der Waals surface area contributed by atoms with Crippen molar-refractivity contribution in [1.82, 2.24) is 0 Å². The molecule has 4 nitrogen and oxygen atoms in total. The molecule has 0 aliphatic carbocycles. The summed E-state index contributed by atoms with van der Waals surface area (Å²) in [6.45, 7) is 0. The molecule has 0 saturated heterocycles. The normalized spacial score (nSPS) is 11.0. The largest absolute Gasteiger partial charge is 1.00 e. The number of benzene rings is 2. The van der Waals surface area contributed by atoms with E-state index in [0.29, 0.717) is 17.7 Å². The predicted molar refractivity (Wildman–Crippen MR) is 105 cm³/mol. The van der Waals surface area contributed by atoms with Gasteiger partial charge < -0.3 is 6.16 Å². The molecular weight excluding hydrogens is 419 g/mol. The number of hydrogen-bond acceptors (Lipinski definition) is 6. The Labute approximate surface area is 188 Å². The second kappa shape index (κ2) is 9.07. The third-order valence-electron chi connectivity index (χ3n) is 3.67. The fourth-order valence-electron chi connectivity index (χ4n) is 2.48. The Hall–Kier alpha value is -0.580. The third kappa shape index (κ3) is 4.82. The van der Waals surface area contributed by atoms with E-state index in [1.807, 2.05) is 30.3 Å². The first kappa shape index (κ1) is 21.7. The van der Waals surface area contributed by atoms with Gasteiger partial charge in [0.25, 0.3) is 10.1 Å². The van der Waals surface area contributed by atoms with Crippen molar-refractivity contribution in [2.75, 3.05) is 7.11 Å². The van der Waals surface area contributed by atoms with Gasteiger partial charge in [0, 0.05) is 12.0 Å². The molecule has 9 heteroatoms. The molecule has 3 rings (SSSR count). The first-order valence-corrected chi connectivity index (χ1v) is 11.2. The molecule has 1 N–H and O–H groups in total. The van der Waals surface area contributed by atoms with E-state index in [1.165, 1.54) is 29.6 Å². The zero-order valence-electron chi connectivity index (χ0n) is 15.1. The zero-order valence-corrected chi connectivity index (χ0v) is 19.4. The topological polar surface area (TPSA) is 63.6 Å². The van der Waals surface area contributed by atoms with Crippen LogP contribution in [0.2, 0.25) is 0 Å². The van der Waals surface area contributed by atoms with Crippen LogP contribution in [-0.2, 0) is 16.5 Å². The number of rotatable bonds is 5. The van der Waals surface area contributed by atoms with Gasteiger partial charge in [-0.2, -0.15) is 8.42 Å². The van der Waals surface area contributed by atoms with Crippen LogP contribution in [0.5, 0.6) is 5.75 Å². The van der Waals surface area contributed by atoms with Gasteiger partial charge >= 0.3 is 29.6 Å². The average molecular weight is 435 g/mol. The third-order valence-corrected chi connectivity index (χ3v) is 7.72. The summed E-state index contributed by atoms with van der Waals surface area (Å²) in [6, 6.07) is 14.2. The molecular formula is C17H15NaO4S4. The van der Waals surface area contributed by atoms with Crippen LogP contribution in [0.1, 0.15) is 12.6 Å². The molecule has 0 atom stereocenters. The van der Waals surface area contributed by atoms with Crippen LogP contribution in [0.25, 0.3) is 10.4 Å². The Balaban J connectivity index is 0.00000182.